The molecule has 1 rings (SSSR count). The Bertz CT molecular complexity index is 187. The van der Waals surface area contributed by atoms with E-state index in [2.05, 4.69) is 18.7 Å². The van der Waals surface area contributed by atoms with E-state index in [1.807, 2.05) is 4.90 Å². The zero-order valence-corrected chi connectivity index (χ0v) is 9.02. The highest BCUT2D eigenvalue weighted by Crippen LogP contribution is 2.13. The van der Waals surface area contributed by atoms with Gasteiger partial charge in [-0.1, -0.05) is 0 Å². The van der Waals surface area contributed by atoms with Crippen molar-refractivity contribution in [2.24, 2.45) is 0 Å². The number of hydrogen-bond acceptors (Lipinski definition) is 3. The summed E-state index contributed by atoms with van der Waals surface area (Å²) in [5.74, 6) is 0. The van der Waals surface area contributed by atoms with Crippen molar-refractivity contribution in [2.45, 2.75) is 32.4 Å². The Morgan fingerprint density at radius 1 is 1.36 bits per heavy atom. The summed E-state index contributed by atoms with van der Waals surface area (Å²) in [6.07, 6.45) is 1.75. The van der Waals surface area contributed by atoms with Crippen molar-refractivity contribution in [1.29, 1.82) is 0 Å². The summed E-state index contributed by atoms with van der Waals surface area (Å²) in [5.41, 5.74) is 0. The number of piperazine rings is 1. The molecule has 1 amide bonds. The van der Waals surface area contributed by atoms with Crippen LogP contribution >= 0.6 is 0 Å². The number of amides is 1. The predicted octanol–water partition coefficient (Wildman–Crippen LogP) is -0.0802. The van der Waals surface area contributed by atoms with Gasteiger partial charge in [-0.2, -0.15) is 0 Å². The molecule has 0 aromatic rings. The van der Waals surface area contributed by atoms with Crippen LogP contribution < -0.4 is 0 Å². The van der Waals surface area contributed by atoms with E-state index in [0.29, 0.717) is 12.1 Å². The third-order valence-electron chi connectivity index (χ3n) is 2.90. The zero-order valence-electron chi connectivity index (χ0n) is 9.02. The standard InChI is InChI=1S/C10H20N2O2/c1-9-7-12(8-14)10(2)6-11(9)4-3-5-13/h8-10,13H,3-7H2,1-2H3. The predicted molar refractivity (Wildman–Crippen MR) is 55.0 cm³/mol. The molecular weight excluding hydrogens is 180 g/mol. The fourth-order valence-corrected chi connectivity index (χ4v) is 1.96. The molecule has 14 heavy (non-hydrogen) atoms. The highest BCUT2D eigenvalue weighted by atomic mass is 16.3. The largest absolute Gasteiger partial charge is 0.396 e. The van der Waals surface area contributed by atoms with Gasteiger partial charge >= 0.3 is 0 Å². The summed E-state index contributed by atoms with van der Waals surface area (Å²) in [7, 11) is 0. The summed E-state index contributed by atoms with van der Waals surface area (Å²) < 4.78 is 0. The molecule has 0 aromatic heterocycles. The fourth-order valence-electron chi connectivity index (χ4n) is 1.96. The van der Waals surface area contributed by atoms with Gasteiger partial charge in [0.25, 0.3) is 0 Å². The Hall–Kier alpha value is -0.610. The summed E-state index contributed by atoms with van der Waals surface area (Å²) in [6.45, 7) is 7.08. The molecule has 4 heteroatoms. The monoisotopic (exact) mass is 200 g/mol. The van der Waals surface area contributed by atoms with Gasteiger partial charge in [-0.05, 0) is 20.3 Å². The van der Waals surface area contributed by atoms with Crippen molar-refractivity contribution in [3.05, 3.63) is 0 Å². The lowest BCUT2D eigenvalue weighted by molar-refractivity contribution is -0.123. The van der Waals surface area contributed by atoms with Crippen molar-refractivity contribution in [2.75, 3.05) is 26.2 Å². The zero-order chi connectivity index (χ0) is 10.6. The van der Waals surface area contributed by atoms with E-state index in [9.17, 15) is 4.79 Å². The average molecular weight is 200 g/mol. The molecule has 0 bridgehead atoms. The van der Waals surface area contributed by atoms with Crippen molar-refractivity contribution in [3.8, 4) is 0 Å². The molecule has 1 heterocycles. The molecule has 0 spiro atoms. The number of carbonyl (C=O) groups excluding carboxylic acids is 1. The Labute approximate surface area is 85.5 Å². The van der Waals surface area contributed by atoms with Gasteiger partial charge in [0.2, 0.25) is 6.41 Å². The van der Waals surface area contributed by atoms with Crippen molar-refractivity contribution in [1.82, 2.24) is 9.80 Å². The molecule has 0 saturated carbocycles. The van der Waals surface area contributed by atoms with E-state index in [4.69, 9.17) is 5.11 Å². The minimum absolute atomic E-state index is 0.245. The first-order valence-corrected chi connectivity index (χ1v) is 5.25. The normalized spacial score (nSPS) is 29.2. The average Bonchev–Trinajstić information content (AvgIpc) is 2.18. The molecule has 82 valence electrons. The fraction of sp³-hybridized carbons (Fsp3) is 0.900. The molecule has 1 N–H and O–H groups in total. The second-order valence-corrected chi connectivity index (χ2v) is 4.07. The molecule has 4 nitrogen and oxygen atoms in total. The minimum Gasteiger partial charge on any atom is -0.396 e. The quantitative estimate of drug-likeness (QED) is 0.646. The van der Waals surface area contributed by atoms with Gasteiger partial charge in [0, 0.05) is 38.3 Å². The van der Waals surface area contributed by atoms with Crippen LogP contribution in [0.2, 0.25) is 0 Å². The van der Waals surface area contributed by atoms with Crippen molar-refractivity contribution in [3.63, 3.8) is 0 Å². The van der Waals surface area contributed by atoms with Crippen LogP contribution in [0.1, 0.15) is 20.3 Å². The van der Waals surface area contributed by atoms with Gasteiger partial charge in [-0.3, -0.25) is 9.69 Å². The Kier molecular flexibility index (Phi) is 4.35. The maximum atomic E-state index is 10.7. The molecule has 1 aliphatic rings. The molecular formula is C10H20N2O2. The van der Waals surface area contributed by atoms with E-state index in [-0.39, 0.29) is 6.61 Å². The second kappa shape index (κ2) is 5.32. The summed E-state index contributed by atoms with van der Waals surface area (Å²) >= 11 is 0. The van der Waals surface area contributed by atoms with Gasteiger partial charge in [-0.15, -0.1) is 0 Å². The number of aliphatic hydroxyl groups is 1. The third kappa shape index (κ3) is 2.69. The number of hydrogen-bond donors (Lipinski definition) is 1. The Morgan fingerprint density at radius 3 is 2.64 bits per heavy atom. The molecule has 2 unspecified atom stereocenters. The van der Waals surface area contributed by atoms with Gasteiger partial charge < -0.3 is 10.0 Å². The van der Waals surface area contributed by atoms with Crippen LogP contribution in [0.15, 0.2) is 0 Å². The molecule has 1 fully saturated rings. The first kappa shape index (κ1) is 11.5. The van der Waals surface area contributed by atoms with Crippen LogP contribution in [-0.4, -0.2) is 59.6 Å². The molecule has 2 atom stereocenters. The second-order valence-electron chi connectivity index (χ2n) is 4.07. The topological polar surface area (TPSA) is 43.8 Å². The van der Waals surface area contributed by atoms with Gasteiger partial charge in [0.15, 0.2) is 0 Å². The number of carbonyl (C=O) groups is 1. The first-order chi connectivity index (χ1) is 6.69. The van der Waals surface area contributed by atoms with Gasteiger partial charge in [0.05, 0.1) is 0 Å². The molecule has 0 aliphatic carbocycles. The lowest BCUT2D eigenvalue weighted by Gasteiger charge is -2.42. The SMILES string of the molecule is CC1CN(CCCO)C(C)CN1C=O. The van der Waals surface area contributed by atoms with E-state index in [1.54, 1.807) is 0 Å². The Balaban J connectivity index is 2.44. The summed E-state index contributed by atoms with van der Waals surface area (Å²) in [4.78, 5) is 14.9. The molecule has 1 aliphatic heterocycles. The highest BCUT2D eigenvalue weighted by Gasteiger charge is 2.27. The Morgan fingerprint density at radius 2 is 2.07 bits per heavy atom. The lowest BCUT2D eigenvalue weighted by atomic mass is 10.1. The van der Waals surface area contributed by atoms with Crippen LogP contribution in [0.3, 0.4) is 0 Å². The van der Waals surface area contributed by atoms with Crippen LogP contribution in [-0.2, 0) is 4.79 Å². The highest BCUT2D eigenvalue weighted by molar-refractivity contribution is 5.48. The maximum absolute atomic E-state index is 10.7. The van der Waals surface area contributed by atoms with Gasteiger partial charge in [-0.25, -0.2) is 0 Å². The molecule has 0 aromatic carbocycles. The number of nitrogens with zero attached hydrogens (tertiary/aromatic N) is 2. The summed E-state index contributed by atoms with van der Waals surface area (Å²) in [6, 6.07) is 0.699. The number of aliphatic hydroxyl groups excluding tert-OH is 1. The lowest BCUT2D eigenvalue weighted by Crippen LogP contribution is -2.55. The van der Waals surface area contributed by atoms with Gasteiger partial charge in [0.1, 0.15) is 0 Å². The number of rotatable bonds is 4. The van der Waals surface area contributed by atoms with Crippen LogP contribution in [0.5, 0.6) is 0 Å². The maximum Gasteiger partial charge on any atom is 0.210 e. The van der Waals surface area contributed by atoms with Crippen LogP contribution in [0.25, 0.3) is 0 Å². The minimum atomic E-state index is 0.245. The van der Waals surface area contributed by atoms with E-state index < -0.39 is 0 Å². The van der Waals surface area contributed by atoms with Crippen molar-refractivity contribution >= 4 is 6.41 Å². The summed E-state index contributed by atoms with van der Waals surface area (Å²) in [5, 5.41) is 8.75. The van der Waals surface area contributed by atoms with E-state index in [1.165, 1.54) is 0 Å². The first-order valence-electron chi connectivity index (χ1n) is 5.25. The van der Waals surface area contributed by atoms with E-state index in [0.717, 1.165) is 32.5 Å². The molecule has 0 radical (unpaired) electrons. The van der Waals surface area contributed by atoms with E-state index >= 15 is 0 Å². The smallest absolute Gasteiger partial charge is 0.210 e. The third-order valence-corrected chi connectivity index (χ3v) is 2.90. The van der Waals surface area contributed by atoms with Crippen LogP contribution in [0, 0.1) is 0 Å². The van der Waals surface area contributed by atoms with Crippen LogP contribution in [0.4, 0.5) is 0 Å². The van der Waals surface area contributed by atoms with Crippen molar-refractivity contribution < 1.29 is 9.90 Å². The molecule has 1 saturated heterocycles.